The number of nitrogens with one attached hydrogen (secondary N) is 1. The van der Waals surface area contributed by atoms with Crippen molar-refractivity contribution in [3.05, 3.63) is 70.3 Å². The number of hydrogen-bond acceptors (Lipinski definition) is 8. The van der Waals surface area contributed by atoms with Crippen LogP contribution in [0.1, 0.15) is 19.4 Å². The largest absolute Gasteiger partial charge is 0.497 e. The predicted octanol–water partition coefficient (Wildman–Crippen LogP) is 3.75. The topological polar surface area (TPSA) is 134 Å². The average Bonchev–Trinajstić information content (AvgIpc) is 2.81. The Kier molecular flexibility index (Phi) is 6.81. The highest BCUT2D eigenvalue weighted by Gasteiger charge is 2.52. The molecule has 0 spiro atoms. The number of ketones is 1. The third kappa shape index (κ3) is 4.25. The van der Waals surface area contributed by atoms with Gasteiger partial charge >= 0.3 is 5.97 Å². The van der Waals surface area contributed by atoms with Crippen molar-refractivity contribution in [1.29, 1.82) is 0 Å². The first-order valence-corrected chi connectivity index (χ1v) is 10.1. The van der Waals surface area contributed by atoms with Crippen LogP contribution in [0.2, 0.25) is 0 Å². The lowest BCUT2D eigenvalue weighted by atomic mass is 9.84. The SMILES string of the molecule is COc1ccc2ccc(OC)c([C@](OC(C)=O)(C(C)=O)C(=O)Nc3ccccc3[N+](=O)[O-])c2c1. The van der Waals surface area contributed by atoms with Gasteiger partial charge in [-0.3, -0.25) is 24.5 Å². The summed E-state index contributed by atoms with van der Waals surface area (Å²) in [7, 11) is 2.79. The number of amides is 1. The predicted molar refractivity (Wildman–Crippen MR) is 123 cm³/mol. The molecule has 0 fully saturated rings. The second kappa shape index (κ2) is 9.57. The molecule has 10 nitrogen and oxygen atoms in total. The van der Waals surface area contributed by atoms with E-state index in [9.17, 15) is 24.5 Å². The summed E-state index contributed by atoms with van der Waals surface area (Å²) in [4.78, 5) is 49.9. The quantitative estimate of drug-likeness (QED) is 0.230. The Balaban J connectivity index is 2.36. The second-order valence-corrected chi connectivity index (χ2v) is 7.29. The number of anilines is 1. The highest BCUT2D eigenvalue weighted by Crippen LogP contribution is 2.42. The highest BCUT2D eigenvalue weighted by molar-refractivity contribution is 6.18. The van der Waals surface area contributed by atoms with Crippen molar-refractivity contribution in [1.82, 2.24) is 0 Å². The number of nitro groups is 1. The zero-order valence-electron chi connectivity index (χ0n) is 18.9. The number of nitro benzene ring substituents is 1. The second-order valence-electron chi connectivity index (χ2n) is 7.29. The first-order valence-electron chi connectivity index (χ1n) is 10.1. The number of hydrogen-bond donors (Lipinski definition) is 1. The van der Waals surface area contributed by atoms with Crippen LogP contribution in [0.15, 0.2) is 54.6 Å². The number of carbonyl (C=O) groups is 3. The molecule has 3 aromatic rings. The zero-order valence-corrected chi connectivity index (χ0v) is 18.9. The Labute approximate surface area is 194 Å². The van der Waals surface area contributed by atoms with Gasteiger partial charge in [0.2, 0.25) is 0 Å². The van der Waals surface area contributed by atoms with Gasteiger partial charge in [-0.05, 0) is 42.0 Å². The minimum atomic E-state index is -2.52. The maximum atomic E-state index is 13.7. The molecule has 0 radical (unpaired) electrons. The minimum Gasteiger partial charge on any atom is -0.497 e. The Hall–Kier alpha value is -4.47. The first kappa shape index (κ1) is 24.2. The number of Topliss-reactive ketones (excluding diaryl/α,β-unsaturated/α-hetero) is 1. The molecule has 0 bridgehead atoms. The van der Waals surface area contributed by atoms with E-state index in [0.29, 0.717) is 16.5 Å². The fraction of sp³-hybridized carbons (Fsp3) is 0.208. The summed E-state index contributed by atoms with van der Waals surface area (Å²) in [6.07, 6.45) is 0. The molecule has 10 heteroatoms. The van der Waals surface area contributed by atoms with Gasteiger partial charge in [-0.15, -0.1) is 0 Å². The average molecular weight is 466 g/mol. The van der Waals surface area contributed by atoms with Gasteiger partial charge in [-0.2, -0.15) is 0 Å². The molecule has 3 aromatic carbocycles. The van der Waals surface area contributed by atoms with Crippen LogP contribution in [-0.2, 0) is 24.7 Å². The number of nitrogens with zero attached hydrogens (tertiary/aromatic N) is 1. The van der Waals surface area contributed by atoms with Crippen molar-refractivity contribution < 1.29 is 33.5 Å². The number of esters is 1. The normalized spacial score (nSPS) is 12.4. The van der Waals surface area contributed by atoms with Gasteiger partial charge in [-0.25, -0.2) is 0 Å². The molecule has 1 N–H and O–H groups in total. The van der Waals surface area contributed by atoms with Gasteiger partial charge in [0.25, 0.3) is 17.2 Å². The number of fused-ring (bicyclic) bond motifs is 1. The third-order valence-corrected chi connectivity index (χ3v) is 5.22. The van der Waals surface area contributed by atoms with Gasteiger partial charge < -0.3 is 19.5 Å². The summed E-state index contributed by atoms with van der Waals surface area (Å²) < 4.78 is 16.2. The zero-order chi connectivity index (χ0) is 25.0. The molecule has 0 unspecified atom stereocenters. The van der Waals surface area contributed by atoms with Gasteiger partial charge in [0.05, 0.1) is 24.7 Å². The first-order chi connectivity index (χ1) is 16.1. The van der Waals surface area contributed by atoms with Crippen LogP contribution < -0.4 is 14.8 Å². The van der Waals surface area contributed by atoms with E-state index in [1.807, 2.05) is 0 Å². The highest BCUT2D eigenvalue weighted by atomic mass is 16.6. The van der Waals surface area contributed by atoms with E-state index in [2.05, 4.69) is 5.32 Å². The number of methoxy groups -OCH3 is 2. The molecule has 176 valence electrons. The summed E-state index contributed by atoms with van der Waals surface area (Å²) in [6.45, 7) is 2.13. The van der Waals surface area contributed by atoms with E-state index < -0.39 is 33.9 Å². The summed E-state index contributed by atoms with van der Waals surface area (Å²) in [5.41, 5.74) is -3.13. The molecule has 0 aliphatic heterocycles. The van der Waals surface area contributed by atoms with Crippen molar-refractivity contribution >= 4 is 39.8 Å². The van der Waals surface area contributed by atoms with Gasteiger partial charge in [0.1, 0.15) is 17.2 Å². The maximum Gasteiger partial charge on any atom is 0.304 e. The van der Waals surface area contributed by atoms with E-state index >= 15 is 0 Å². The monoisotopic (exact) mass is 466 g/mol. The molecule has 34 heavy (non-hydrogen) atoms. The van der Waals surface area contributed by atoms with Crippen LogP contribution in [0.4, 0.5) is 11.4 Å². The minimum absolute atomic E-state index is 0.0369. The summed E-state index contributed by atoms with van der Waals surface area (Å²) in [5.74, 6) is -2.35. The molecular weight excluding hydrogens is 444 g/mol. The molecule has 0 aromatic heterocycles. The molecule has 3 rings (SSSR count). The van der Waals surface area contributed by atoms with Crippen LogP contribution in [0.25, 0.3) is 10.8 Å². The third-order valence-electron chi connectivity index (χ3n) is 5.22. The van der Waals surface area contributed by atoms with Gasteiger partial charge in [0.15, 0.2) is 5.78 Å². The van der Waals surface area contributed by atoms with Crippen LogP contribution in [-0.4, -0.2) is 36.8 Å². The molecule has 0 saturated carbocycles. The smallest absolute Gasteiger partial charge is 0.304 e. The Bertz CT molecular complexity index is 1300. The van der Waals surface area contributed by atoms with Crippen molar-refractivity contribution in [2.75, 3.05) is 19.5 Å². The Morgan fingerprint density at radius 3 is 2.24 bits per heavy atom. The van der Waals surface area contributed by atoms with E-state index in [1.54, 1.807) is 24.3 Å². The molecular formula is C24H22N2O8. The standard InChI is InChI=1S/C24H22N2O8/c1-14(27)24(34-15(2)28,23(29)25-19-7-5-6-8-20(19)26(30)31)22-18-13-17(32-3)11-9-16(18)10-12-21(22)33-4/h5-13H,1-4H3,(H,25,29)/t24-/m1/s1. The van der Waals surface area contributed by atoms with Gasteiger partial charge in [-0.1, -0.05) is 24.3 Å². The Morgan fingerprint density at radius 2 is 1.65 bits per heavy atom. The van der Waals surface area contributed by atoms with Crippen LogP contribution in [0.5, 0.6) is 11.5 Å². The molecule has 1 amide bonds. The maximum absolute atomic E-state index is 13.7. The van der Waals surface area contributed by atoms with Crippen molar-refractivity contribution in [2.24, 2.45) is 0 Å². The van der Waals surface area contributed by atoms with E-state index in [4.69, 9.17) is 14.2 Å². The number of para-hydroxylation sites is 2. The Morgan fingerprint density at radius 1 is 0.971 bits per heavy atom. The van der Waals surface area contributed by atoms with Crippen molar-refractivity contribution in [2.45, 2.75) is 19.4 Å². The molecule has 0 aliphatic carbocycles. The van der Waals surface area contributed by atoms with E-state index in [-0.39, 0.29) is 17.0 Å². The van der Waals surface area contributed by atoms with Gasteiger partial charge in [0, 0.05) is 13.0 Å². The number of benzene rings is 3. The molecule has 0 saturated heterocycles. The lowest BCUT2D eigenvalue weighted by Gasteiger charge is -2.32. The van der Waals surface area contributed by atoms with Crippen LogP contribution in [0, 0.1) is 10.1 Å². The summed E-state index contributed by atoms with van der Waals surface area (Å²) in [6, 6.07) is 13.6. The molecule has 1 atom stereocenters. The van der Waals surface area contributed by atoms with Crippen LogP contribution in [0.3, 0.4) is 0 Å². The number of carbonyl (C=O) groups excluding carboxylic acids is 3. The van der Waals surface area contributed by atoms with E-state index in [1.165, 1.54) is 44.6 Å². The summed E-state index contributed by atoms with van der Waals surface area (Å²) in [5, 5.41) is 14.8. The lowest BCUT2D eigenvalue weighted by Crippen LogP contribution is -2.49. The number of ether oxygens (including phenoxy) is 3. The lowest BCUT2D eigenvalue weighted by molar-refractivity contribution is -0.383. The van der Waals surface area contributed by atoms with E-state index in [0.717, 1.165) is 13.8 Å². The van der Waals surface area contributed by atoms with Crippen molar-refractivity contribution in [3.63, 3.8) is 0 Å². The molecule has 0 aliphatic rings. The fourth-order valence-corrected chi connectivity index (χ4v) is 3.72. The van der Waals surface area contributed by atoms with Crippen molar-refractivity contribution in [3.8, 4) is 11.5 Å². The number of rotatable bonds is 8. The summed E-state index contributed by atoms with van der Waals surface area (Å²) >= 11 is 0. The fourth-order valence-electron chi connectivity index (χ4n) is 3.72. The molecule has 0 heterocycles. The van der Waals surface area contributed by atoms with Crippen LogP contribution >= 0.6 is 0 Å².